The van der Waals surface area contributed by atoms with Crippen LogP contribution in [-0.2, 0) is 11.2 Å². The number of rotatable bonds is 6. The summed E-state index contributed by atoms with van der Waals surface area (Å²) in [4.78, 5) is 16.9. The summed E-state index contributed by atoms with van der Waals surface area (Å²) in [5.74, 6) is 0.0874. The van der Waals surface area contributed by atoms with Gasteiger partial charge in [-0.25, -0.2) is 4.98 Å². The van der Waals surface area contributed by atoms with E-state index in [1.165, 1.54) is 4.88 Å². The number of amides is 1. The lowest BCUT2D eigenvalue weighted by molar-refractivity contribution is -0.121. The average molecular weight is 241 g/mol. The van der Waals surface area contributed by atoms with E-state index in [0.717, 1.165) is 23.5 Å². The van der Waals surface area contributed by atoms with Gasteiger partial charge in [0.05, 0.1) is 10.7 Å². The van der Waals surface area contributed by atoms with E-state index >= 15 is 0 Å². The van der Waals surface area contributed by atoms with Gasteiger partial charge in [0.15, 0.2) is 0 Å². The molecular formula is C11H19N3OS. The van der Waals surface area contributed by atoms with Gasteiger partial charge < -0.3 is 11.1 Å². The SMILES string of the molecule is Cc1nc(C)c(CCNC(=O)CCCN)s1. The van der Waals surface area contributed by atoms with Gasteiger partial charge in [-0.1, -0.05) is 0 Å². The summed E-state index contributed by atoms with van der Waals surface area (Å²) in [5, 5.41) is 3.97. The van der Waals surface area contributed by atoms with E-state index in [0.29, 0.717) is 19.5 Å². The second kappa shape index (κ2) is 6.60. The van der Waals surface area contributed by atoms with Crippen molar-refractivity contribution in [1.82, 2.24) is 10.3 Å². The molecule has 0 saturated carbocycles. The van der Waals surface area contributed by atoms with Crippen LogP contribution in [0.4, 0.5) is 0 Å². The first-order chi connectivity index (χ1) is 7.63. The van der Waals surface area contributed by atoms with Gasteiger partial charge >= 0.3 is 0 Å². The molecule has 1 amide bonds. The molecule has 3 N–H and O–H groups in total. The Labute approximate surface area is 100 Å². The molecule has 1 rings (SSSR count). The molecule has 0 spiro atoms. The lowest BCUT2D eigenvalue weighted by Crippen LogP contribution is -2.25. The van der Waals surface area contributed by atoms with Crippen molar-refractivity contribution >= 4 is 17.2 Å². The molecule has 4 nitrogen and oxygen atoms in total. The van der Waals surface area contributed by atoms with Crippen LogP contribution in [0.1, 0.15) is 28.4 Å². The average Bonchev–Trinajstić information content (AvgIpc) is 2.55. The monoisotopic (exact) mass is 241 g/mol. The van der Waals surface area contributed by atoms with Crippen molar-refractivity contribution in [2.75, 3.05) is 13.1 Å². The zero-order valence-corrected chi connectivity index (χ0v) is 10.7. The fraction of sp³-hybridized carbons (Fsp3) is 0.636. The molecule has 5 heteroatoms. The van der Waals surface area contributed by atoms with E-state index in [4.69, 9.17) is 5.73 Å². The first kappa shape index (κ1) is 13.1. The molecule has 1 aromatic rings. The maximum absolute atomic E-state index is 11.3. The first-order valence-corrected chi connectivity index (χ1v) is 6.34. The summed E-state index contributed by atoms with van der Waals surface area (Å²) in [6.45, 7) is 5.27. The Hall–Kier alpha value is -0.940. The molecule has 0 aliphatic carbocycles. The highest BCUT2D eigenvalue weighted by Crippen LogP contribution is 2.16. The molecule has 0 unspecified atom stereocenters. The number of nitrogens with one attached hydrogen (secondary N) is 1. The number of nitrogens with zero attached hydrogens (tertiary/aromatic N) is 1. The lowest BCUT2D eigenvalue weighted by Gasteiger charge is -2.03. The zero-order valence-electron chi connectivity index (χ0n) is 9.88. The number of hydrogen-bond donors (Lipinski definition) is 2. The minimum Gasteiger partial charge on any atom is -0.356 e. The number of aryl methyl sites for hydroxylation is 2. The topological polar surface area (TPSA) is 68.0 Å². The standard InChI is InChI=1S/C11H19N3OS/c1-8-10(16-9(2)14-8)5-7-13-11(15)4-3-6-12/h3-7,12H2,1-2H3,(H,13,15). The predicted molar refractivity (Wildman–Crippen MR) is 66.6 cm³/mol. The van der Waals surface area contributed by atoms with Gasteiger partial charge in [0.1, 0.15) is 0 Å². The van der Waals surface area contributed by atoms with Crippen molar-refractivity contribution in [2.45, 2.75) is 33.1 Å². The molecule has 0 fully saturated rings. The third-order valence-corrected chi connectivity index (χ3v) is 3.41. The van der Waals surface area contributed by atoms with Crippen LogP contribution in [0.15, 0.2) is 0 Å². The minimum atomic E-state index is 0.0874. The van der Waals surface area contributed by atoms with Crippen LogP contribution in [0, 0.1) is 13.8 Å². The smallest absolute Gasteiger partial charge is 0.220 e. The van der Waals surface area contributed by atoms with Gasteiger partial charge in [-0.15, -0.1) is 11.3 Å². The largest absolute Gasteiger partial charge is 0.356 e. The van der Waals surface area contributed by atoms with E-state index in [1.54, 1.807) is 11.3 Å². The zero-order chi connectivity index (χ0) is 12.0. The summed E-state index contributed by atoms with van der Waals surface area (Å²) in [6.07, 6.45) is 2.15. The highest BCUT2D eigenvalue weighted by Gasteiger charge is 2.05. The summed E-state index contributed by atoms with van der Waals surface area (Å²) in [7, 11) is 0. The van der Waals surface area contributed by atoms with Crippen LogP contribution in [0.25, 0.3) is 0 Å². The molecule has 1 aromatic heterocycles. The highest BCUT2D eigenvalue weighted by molar-refractivity contribution is 7.11. The second-order valence-electron chi connectivity index (χ2n) is 3.73. The summed E-state index contributed by atoms with van der Waals surface area (Å²) in [5.41, 5.74) is 6.41. The Balaban J connectivity index is 2.25. The molecule has 90 valence electrons. The van der Waals surface area contributed by atoms with E-state index in [9.17, 15) is 4.79 Å². The summed E-state index contributed by atoms with van der Waals surface area (Å²) in [6, 6.07) is 0. The maximum Gasteiger partial charge on any atom is 0.220 e. The van der Waals surface area contributed by atoms with Crippen molar-refractivity contribution in [3.8, 4) is 0 Å². The van der Waals surface area contributed by atoms with Gasteiger partial charge in [-0.3, -0.25) is 4.79 Å². The molecular weight excluding hydrogens is 222 g/mol. The van der Waals surface area contributed by atoms with Crippen LogP contribution in [0.2, 0.25) is 0 Å². The Morgan fingerprint density at radius 1 is 1.50 bits per heavy atom. The maximum atomic E-state index is 11.3. The van der Waals surface area contributed by atoms with E-state index in [1.807, 2.05) is 13.8 Å². The van der Waals surface area contributed by atoms with Gasteiger partial charge in [0.25, 0.3) is 0 Å². The molecule has 0 radical (unpaired) electrons. The third-order valence-electron chi connectivity index (χ3n) is 2.28. The fourth-order valence-electron chi connectivity index (χ4n) is 1.47. The van der Waals surface area contributed by atoms with Crippen LogP contribution >= 0.6 is 11.3 Å². The number of aromatic nitrogens is 1. The van der Waals surface area contributed by atoms with Gasteiger partial charge in [-0.2, -0.15) is 0 Å². The van der Waals surface area contributed by atoms with Gasteiger partial charge in [0, 0.05) is 24.3 Å². The van der Waals surface area contributed by atoms with Crippen LogP contribution in [-0.4, -0.2) is 24.0 Å². The van der Waals surface area contributed by atoms with E-state index in [2.05, 4.69) is 10.3 Å². The van der Waals surface area contributed by atoms with E-state index in [-0.39, 0.29) is 5.91 Å². The number of hydrogen-bond acceptors (Lipinski definition) is 4. The normalized spacial score (nSPS) is 10.4. The number of thiazole rings is 1. The number of carbonyl (C=O) groups excluding carboxylic acids is 1. The minimum absolute atomic E-state index is 0.0874. The molecule has 16 heavy (non-hydrogen) atoms. The fourth-order valence-corrected chi connectivity index (χ4v) is 2.41. The molecule has 0 aliphatic rings. The second-order valence-corrected chi connectivity index (χ2v) is 5.02. The van der Waals surface area contributed by atoms with Gasteiger partial charge in [0.2, 0.25) is 5.91 Å². The van der Waals surface area contributed by atoms with Crippen molar-refractivity contribution in [2.24, 2.45) is 5.73 Å². The third kappa shape index (κ3) is 4.28. The van der Waals surface area contributed by atoms with Crippen molar-refractivity contribution in [1.29, 1.82) is 0 Å². The molecule has 0 atom stereocenters. The molecule has 0 saturated heterocycles. The quantitative estimate of drug-likeness (QED) is 0.785. The number of carbonyl (C=O) groups is 1. The summed E-state index contributed by atoms with van der Waals surface area (Å²) < 4.78 is 0. The number of nitrogens with two attached hydrogens (primary N) is 1. The summed E-state index contributed by atoms with van der Waals surface area (Å²) >= 11 is 1.70. The van der Waals surface area contributed by atoms with Gasteiger partial charge in [-0.05, 0) is 26.8 Å². The van der Waals surface area contributed by atoms with Crippen molar-refractivity contribution < 1.29 is 4.79 Å². The Bertz CT molecular complexity index is 349. The Morgan fingerprint density at radius 3 is 2.81 bits per heavy atom. The Morgan fingerprint density at radius 2 is 2.25 bits per heavy atom. The first-order valence-electron chi connectivity index (χ1n) is 5.53. The lowest BCUT2D eigenvalue weighted by atomic mass is 10.2. The van der Waals surface area contributed by atoms with Crippen LogP contribution in [0.3, 0.4) is 0 Å². The Kier molecular flexibility index (Phi) is 5.42. The predicted octanol–water partition coefficient (Wildman–Crippen LogP) is 1.16. The highest BCUT2D eigenvalue weighted by atomic mass is 32.1. The molecule has 0 aliphatic heterocycles. The van der Waals surface area contributed by atoms with Crippen molar-refractivity contribution in [3.05, 3.63) is 15.6 Å². The molecule has 0 aromatic carbocycles. The molecule has 1 heterocycles. The molecule has 0 bridgehead atoms. The van der Waals surface area contributed by atoms with E-state index < -0.39 is 0 Å². The van der Waals surface area contributed by atoms with Crippen molar-refractivity contribution in [3.63, 3.8) is 0 Å². The van der Waals surface area contributed by atoms with Crippen LogP contribution < -0.4 is 11.1 Å². The van der Waals surface area contributed by atoms with Crippen LogP contribution in [0.5, 0.6) is 0 Å².